The molecule has 1 fully saturated rings. The lowest BCUT2D eigenvalue weighted by atomic mass is 10.0. The molecule has 46 heavy (non-hydrogen) atoms. The third kappa shape index (κ3) is 8.00. The Bertz CT molecular complexity index is 1770. The number of halogens is 1. The molecular weight excluding hydrogens is 642 g/mol. The van der Waals surface area contributed by atoms with Crippen molar-refractivity contribution in [2.75, 3.05) is 18.4 Å². The average Bonchev–Trinajstić information content (AvgIpc) is 3.10. The van der Waals surface area contributed by atoms with E-state index in [1.165, 1.54) is 0 Å². The maximum atomic E-state index is 12.8. The van der Waals surface area contributed by atoms with Gasteiger partial charge < -0.3 is 19.7 Å². The van der Waals surface area contributed by atoms with E-state index in [4.69, 9.17) is 9.47 Å². The minimum Gasteiger partial charge on any atom is -0.490 e. The molecular formula is C38H34BrN3O4. The van der Waals surface area contributed by atoms with Crippen molar-refractivity contribution < 1.29 is 19.1 Å². The molecule has 0 saturated carbocycles. The van der Waals surface area contributed by atoms with Crippen LogP contribution in [-0.4, -0.2) is 40.9 Å². The summed E-state index contributed by atoms with van der Waals surface area (Å²) in [6.07, 6.45) is 3.31. The Morgan fingerprint density at radius 3 is 2.02 bits per heavy atom. The summed E-state index contributed by atoms with van der Waals surface area (Å²) in [7, 11) is 0. The molecule has 7 nitrogen and oxygen atoms in total. The van der Waals surface area contributed by atoms with E-state index in [2.05, 4.69) is 26.2 Å². The highest BCUT2D eigenvalue weighted by atomic mass is 79.9. The third-order valence-electron chi connectivity index (χ3n) is 7.98. The molecule has 1 aliphatic rings. The molecule has 1 N–H and O–H groups in total. The molecule has 0 aliphatic carbocycles. The van der Waals surface area contributed by atoms with E-state index in [1.54, 1.807) is 18.3 Å². The lowest BCUT2D eigenvalue weighted by Crippen LogP contribution is -2.41. The first-order chi connectivity index (χ1) is 22.4. The Kier molecular flexibility index (Phi) is 9.74. The second-order valence-electron chi connectivity index (χ2n) is 11.3. The normalized spacial score (nSPS) is 13.2. The highest BCUT2D eigenvalue weighted by Crippen LogP contribution is 2.25. The highest BCUT2D eigenvalue weighted by molar-refractivity contribution is 9.10. The SMILES string of the molecule is Cc1ccc(C(=O)N2CCC(Oc3ccc(COc4ccc(-c5ccc(C(=O)Nc6ccc(Br)nc6)cc5)cc4)cc3)CC2)cc1. The molecule has 0 bridgehead atoms. The van der Waals surface area contributed by atoms with Crippen LogP contribution >= 0.6 is 15.9 Å². The van der Waals surface area contributed by atoms with Crippen LogP contribution in [-0.2, 0) is 6.61 Å². The van der Waals surface area contributed by atoms with Crippen molar-refractivity contribution in [3.8, 4) is 22.6 Å². The van der Waals surface area contributed by atoms with Crippen molar-refractivity contribution in [1.29, 1.82) is 0 Å². The number of benzene rings is 4. The number of amides is 2. The van der Waals surface area contributed by atoms with E-state index >= 15 is 0 Å². The van der Waals surface area contributed by atoms with Gasteiger partial charge in [-0.25, -0.2) is 4.98 Å². The Hall–Kier alpha value is -4.95. The van der Waals surface area contributed by atoms with E-state index < -0.39 is 0 Å². The van der Waals surface area contributed by atoms with Crippen LogP contribution in [0.15, 0.2) is 120 Å². The first-order valence-corrected chi connectivity index (χ1v) is 16.1. The van der Waals surface area contributed by atoms with E-state index in [-0.39, 0.29) is 17.9 Å². The zero-order valence-corrected chi connectivity index (χ0v) is 27.1. The van der Waals surface area contributed by atoms with Crippen LogP contribution in [0.4, 0.5) is 5.69 Å². The summed E-state index contributed by atoms with van der Waals surface area (Å²) in [5.41, 5.74) is 6.17. The molecule has 232 valence electrons. The molecule has 0 spiro atoms. The largest absolute Gasteiger partial charge is 0.490 e. The van der Waals surface area contributed by atoms with Gasteiger partial charge in [0, 0.05) is 37.1 Å². The smallest absolute Gasteiger partial charge is 0.255 e. The maximum Gasteiger partial charge on any atom is 0.255 e. The van der Waals surface area contributed by atoms with Crippen LogP contribution in [0.3, 0.4) is 0 Å². The zero-order chi connectivity index (χ0) is 31.9. The molecule has 0 unspecified atom stereocenters. The molecule has 5 aromatic rings. The van der Waals surface area contributed by atoms with Gasteiger partial charge in [0.1, 0.15) is 28.8 Å². The monoisotopic (exact) mass is 675 g/mol. The fraction of sp³-hybridized carbons (Fsp3) is 0.184. The lowest BCUT2D eigenvalue weighted by molar-refractivity contribution is 0.0595. The Labute approximate surface area is 277 Å². The minimum absolute atomic E-state index is 0.0870. The van der Waals surface area contributed by atoms with Crippen LogP contribution < -0.4 is 14.8 Å². The van der Waals surface area contributed by atoms with Crippen molar-refractivity contribution in [3.63, 3.8) is 0 Å². The summed E-state index contributed by atoms with van der Waals surface area (Å²) in [4.78, 5) is 31.4. The van der Waals surface area contributed by atoms with E-state index in [1.807, 2.05) is 109 Å². The van der Waals surface area contributed by atoms with Gasteiger partial charge in [0.05, 0.1) is 11.9 Å². The zero-order valence-electron chi connectivity index (χ0n) is 25.5. The molecule has 6 rings (SSSR count). The van der Waals surface area contributed by atoms with Gasteiger partial charge in [0.15, 0.2) is 0 Å². The molecule has 2 amide bonds. The number of pyridine rings is 1. The van der Waals surface area contributed by atoms with Crippen LogP contribution in [0.5, 0.6) is 11.5 Å². The molecule has 0 atom stereocenters. The topological polar surface area (TPSA) is 80.8 Å². The second-order valence-corrected chi connectivity index (χ2v) is 12.1. The molecule has 0 radical (unpaired) electrons. The Morgan fingerprint density at radius 1 is 0.783 bits per heavy atom. The predicted octanol–water partition coefficient (Wildman–Crippen LogP) is 8.33. The van der Waals surface area contributed by atoms with Gasteiger partial charge in [-0.15, -0.1) is 0 Å². The van der Waals surface area contributed by atoms with Crippen LogP contribution in [0.1, 0.15) is 44.7 Å². The summed E-state index contributed by atoms with van der Waals surface area (Å²) in [6, 6.07) is 34.7. The molecule has 4 aromatic carbocycles. The van der Waals surface area contributed by atoms with Crippen molar-refractivity contribution >= 4 is 33.4 Å². The Balaban J connectivity index is 0.948. The third-order valence-corrected chi connectivity index (χ3v) is 8.45. The van der Waals surface area contributed by atoms with Crippen LogP contribution in [0.25, 0.3) is 11.1 Å². The first-order valence-electron chi connectivity index (χ1n) is 15.3. The first kappa shape index (κ1) is 31.0. The number of hydrogen-bond donors (Lipinski definition) is 1. The number of rotatable bonds is 9. The van der Waals surface area contributed by atoms with Gasteiger partial charge >= 0.3 is 0 Å². The summed E-state index contributed by atoms with van der Waals surface area (Å²) in [6.45, 7) is 3.84. The summed E-state index contributed by atoms with van der Waals surface area (Å²) in [5, 5.41) is 2.85. The van der Waals surface area contributed by atoms with Gasteiger partial charge in [-0.3, -0.25) is 9.59 Å². The van der Waals surface area contributed by atoms with Gasteiger partial charge in [0.25, 0.3) is 11.8 Å². The number of aryl methyl sites for hydroxylation is 1. The van der Waals surface area contributed by atoms with E-state index in [0.29, 0.717) is 35.6 Å². The Morgan fingerprint density at radius 2 is 1.39 bits per heavy atom. The van der Waals surface area contributed by atoms with Crippen molar-refractivity contribution in [2.45, 2.75) is 32.5 Å². The van der Waals surface area contributed by atoms with Gasteiger partial charge in [-0.05, 0) is 100 Å². The highest BCUT2D eigenvalue weighted by Gasteiger charge is 2.24. The predicted molar refractivity (Wildman–Crippen MR) is 183 cm³/mol. The number of likely N-dealkylation sites (tertiary alicyclic amines) is 1. The lowest BCUT2D eigenvalue weighted by Gasteiger charge is -2.32. The van der Waals surface area contributed by atoms with E-state index in [0.717, 1.165) is 52.2 Å². The number of ether oxygens (including phenoxy) is 2. The summed E-state index contributed by atoms with van der Waals surface area (Å²) in [5.74, 6) is 1.50. The van der Waals surface area contributed by atoms with E-state index in [9.17, 15) is 9.59 Å². The molecule has 1 aliphatic heterocycles. The van der Waals surface area contributed by atoms with Crippen molar-refractivity contribution in [3.05, 3.63) is 142 Å². The summed E-state index contributed by atoms with van der Waals surface area (Å²) < 4.78 is 13.0. The summed E-state index contributed by atoms with van der Waals surface area (Å²) >= 11 is 3.29. The molecule has 1 aromatic heterocycles. The minimum atomic E-state index is -0.188. The second kappa shape index (κ2) is 14.4. The number of carbonyl (C=O) groups excluding carboxylic acids is 2. The fourth-order valence-corrected chi connectivity index (χ4v) is 5.52. The number of nitrogens with zero attached hydrogens (tertiary/aromatic N) is 2. The van der Waals surface area contributed by atoms with Crippen LogP contribution in [0, 0.1) is 6.92 Å². The average molecular weight is 677 g/mol. The van der Waals surface area contributed by atoms with Crippen molar-refractivity contribution in [1.82, 2.24) is 9.88 Å². The quantitative estimate of drug-likeness (QED) is 0.159. The number of piperidine rings is 1. The van der Waals surface area contributed by atoms with Gasteiger partial charge in [0.2, 0.25) is 0 Å². The fourth-order valence-electron chi connectivity index (χ4n) is 5.29. The van der Waals surface area contributed by atoms with Crippen LogP contribution in [0.2, 0.25) is 0 Å². The number of hydrogen-bond acceptors (Lipinski definition) is 5. The molecule has 8 heteroatoms. The van der Waals surface area contributed by atoms with Gasteiger partial charge in [-0.1, -0.05) is 54.1 Å². The van der Waals surface area contributed by atoms with Gasteiger partial charge in [-0.2, -0.15) is 0 Å². The standard InChI is InChI=1S/C38H34BrN3O4/c1-26-2-6-31(7-3-26)38(44)42-22-20-35(21-23-42)46-34-15-4-27(5-16-34)25-45-33-17-12-29(13-18-33)28-8-10-30(11-9-28)37(43)41-32-14-19-36(39)40-24-32/h2-19,24,35H,20-23,25H2,1H3,(H,41,43). The maximum absolute atomic E-state index is 12.8. The number of aromatic nitrogens is 1. The molecule has 2 heterocycles. The van der Waals surface area contributed by atoms with Crippen molar-refractivity contribution in [2.24, 2.45) is 0 Å². The number of anilines is 1. The number of nitrogens with one attached hydrogen (secondary N) is 1. The molecule has 1 saturated heterocycles. The number of carbonyl (C=O) groups is 2.